The molecule has 0 saturated heterocycles. The standard InChI is InChI=1S/C17H21N5.C2HF3O2/c1-13-9-19-17(20-10-13)22-8-7-21(11-14-4-5-14)16-15(12-22)3-2-6-18-16;3-2(4,5)1(6)7/h2-3,6,9-10,14H,4-5,7-8,11-12H2,1H3;(H,6,7). The number of fused-ring (bicyclic) bond motifs is 1. The Labute approximate surface area is 166 Å². The smallest absolute Gasteiger partial charge is 0.475 e. The molecular weight excluding hydrogens is 387 g/mol. The van der Waals surface area contributed by atoms with Crippen LogP contribution in [0.15, 0.2) is 30.7 Å². The van der Waals surface area contributed by atoms with Gasteiger partial charge in [-0.2, -0.15) is 13.2 Å². The van der Waals surface area contributed by atoms with Gasteiger partial charge in [0.15, 0.2) is 0 Å². The summed E-state index contributed by atoms with van der Waals surface area (Å²) in [6.07, 6.45) is 3.32. The molecule has 1 saturated carbocycles. The molecule has 0 amide bonds. The number of carbonyl (C=O) groups is 1. The zero-order chi connectivity index (χ0) is 21.0. The van der Waals surface area contributed by atoms with Gasteiger partial charge in [-0.3, -0.25) is 0 Å². The molecule has 0 unspecified atom stereocenters. The molecule has 29 heavy (non-hydrogen) atoms. The number of halogens is 3. The van der Waals surface area contributed by atoms with Crippen molar-refractivity contribution in [1.82, 2.24) is 15.0 Å². The van der Waals surface area contributed by atoms with Crippen molar-refractivity contribution in [2.24, 2.45) is 5.92 Å². The number of carboxylic acids is 1. The van der Waals surface area contributed by atoms with E-state index in [9.17, 15) is 13.2 Å². The Morgan fingerprint density at radius 3 is 2.45 bits per heavy atom. The number of nitrogens with zero attached hydrogens (tertiary/aromatic N) is 5. The van der Waals surface area contributed by atoms with Gasteiger partial charge in [-0.05, 0) is 37.3 Å². The van der Waals surface area contributed by atoms with E-state index in [2.05, 4.69) is 30.8 Å². The molecule has 1 N–H and O–H groups in total. The maximum absolute atomic E-state index is 10.6. The summed E-state index contributed by atoms with van der Waals surface area (Å²) < 4.78 is 31.7. The van der Waals surface area contributed by atoms with Crippen molar-refractivity contribution in [1.29, 1.82) is 0 Å². The minimum absolute atomic E-state index is 0.814. The molecule has 1 aliphatic carbocycles. The maximum atomic E-state index is 10.6. The van der Waals surface area contributed by atoms with E-state index in [4.69, 9.17) is 9.90 Å². The van der Waals surface area contributed by atoms with Crippen LogP contribution in [0.5, 0.6) is 0 Å². The summed E-state index contributed by atoms with van der Waals surface area (Å²) in [5, 5.41) is 7.12. The van der Waals surface area contributed by atoms with Crippen LogP contribution in [0.4, 0.5) is 24.9 Å². The molecule has 0 atom stereocenters. The molecule has 10 heteroatoms. The molecular formula is C19H22F3N5O2. The van der Waals surface area contributed by atoms with E-state index in [0.717, 1.165) is 49.4 Å². The average molecular weight is 409 g/mol. The first-order chi connectivity index (χ1) is 13.7. The number of anilines is 2. The van der Waals surface area contributed by atoms with Crippen LogP contribution in [0.25, 0.3) is 0 Å². The second-order valence-electron chi connectivity index (χ2n) is 7.16. The van der Waals surface area contributed by atoms with Crippen LogP contribution in [-0.2, 0) is 11.3 Å². The van der Waals surface area contributed by atoms with E-state index >= 15 is 0 Å². The van der Waals surface area contributed by atoms with E-state index in [1.807, 2.05) is 31.6 Å². The van der Waals surface area contributed by atoms with E-state index < -0.39 is 12.1 Å². The zero-order valence-corrected chi connectivity index (χ0v) is 15.9. The summed E-state index contributed by atoms with van der Waals surface area (Å²) in [6, 6.07) is 4.20. The number of aliphatic carboxylic acids is 1. The van der Waals surface area contributed by atoms with Gasteiger partial charge in [0.05, 0.1) is 0 Å². The summed E-state index contributed by atoms with van der Waals surface area (Å²) in [4.78, 5) is 27.2. The lowest BCUT2D eigenvalue weighted by molar-refractivity contribution is -0.192. The van der Waals surface area contributed by atoms with E-state index in [1.54, 1.807) is 0 Å². The van der Waals surface area contributed by atoms with Crippen LogP contribution in [0.2, 0.25) is 0 Å². The minimum Gasteiger partial charge on any atom is -0.475 e. The Morgan fingerprint density at radius 2 is 1.86 bits per heavy atom. The third kappa shape index (κ3) is 5.78. The summed E-state index contributed by atoms with van der Waals surface area (Å²) >= 11 is 0. The van der Waals surface area contributed by atoms with E-state index in [1.165, 1.54) is 18.4 Å². The molecule has 7 nitrogen and oxygen atoms in total. The van der Waals surface area contributed by atoms with Crippen molar-refractivity contribution in [3.8, 4) is 0 Å². The maximum Gasteiger partial charge on any atom is 0.490 e. The number of aromatic nitrogens is 3. The molecule has 156 valence electrons. The number of aryl methyl sites for hydroxylation is 1. The Balaban J connectivity index is 0.000000298. The molecule has 0 bridgehead atoms. The molecule has 2 aromatic rings. The molecule has 1 aliphatic heterocycles. The van der Waals surface area contributed by atoms with E-state index in [-0.39, 0.29) is 0 Å². The molecule has 0 aromatic carbocycles. The van der Waals surface area contributed by atoms with Crippen molar-refractivity contribution in [2.45, 2.75) is 32.5 Å². The van der Waals surface area contributed by atoms with Gasteiger partial charge in [-0.1, -0.05) is 6.07 Å². The first-order valence-corrected chi connectivity index (χ1v) is 9.26. The number of pyridine rings is 1. The van der Waals surface area contributed by atoms with Gasteiger partial charge < -0.3 is 14.9 Å². The number of carboxylic acid groups (broad SMARTS) is 1. The van der Waals surface area contributed by atoms with Crippen LogP contribution in [0, 0.1) is 12.8 Å². The van der Waals surface area contributed by atoms with Gasteiger partial charge in [0.2, 0.25) is 5.95 Å². The highest BCUT2D eigenvalue weighted by Gasteiger charge is 2.38. The number of alkyl halides is 3. The molecule has 0 radical (unpaired) electrons. The third-order valence-corrected chi connectivity index (χ3v) is 4.64. The van der Waals surface area contributed by atoms with Crippen molar-refractivity contribution in [3.63, 3.8) is 0 Å². The summed E-state index contributed by atoms with van der Waals surface area (Å²) in [5.41, 5.74) is 2.36. The average Bonchev–Trinajstić information content (AvgIpc) is 3.50. The second kappa shape index (κ2) is 8.62. The summed E-state index contributed by atoms with van der Waals surface area (Å²) in [7, 11) is 0. The predicted molar refractivity (Wildman–Crippen MR) is 101 cm³/mol. The van der Waals surface area contributed by atoms with Gasteiger partial charge in [0.1, 0.15) is 5.82 Å². The highest BCUT2D eigenvalue weighted by Crippen LogP contribution is 2.33. The highest BCUT2D eigenvalue weighted by molar-refractivity contribution is 5.73. The normalized spacial score (nSPS) is 16.4. The van der Waals surface area contributed by atoms with Crippen LogP contribution >= 0.6 is 0 Å². The Bertz CT molecular complexity index is 840. The molecule has 3 heterocycles. The fourth-order valence-corrected chi connectivity index (χ4v) is 2.98. The quantitative estimate of drug-likeness (QED) is 0.834. The Morgan fingerprint density at radius 1 is 1.21 bits per heavy atom. The molecule has 2 aromatic heterocycles. The van der Waals surface area contributed by atoms with Gasteiger partial charge in [-0.25, -0.2) is 19.7 Å². The first-order valence-electron chi connectivity index (χ1n) is 9.26. The Hall–Kier alpha value is -2.91. The van der Waals surface area contributed by atoms with Crippen molar-refractivity contribution >= 4 is 17.7 Å². The lowest BCUT2D eigenvalue weighted by Crippen LogP contribution is -2.33. The lowest BCUT2D eigenvalue weighted by atomic mass is 10.2. The highest BCUT2D eigenvalue weighted by atomic mass is 19.4. The number of rotatable bonds is 3. The van der Waals surface area contributed by atoms with Crippen LogP contribution in [0.3, 0.4) is 0 Å². The van der Waals surface area contributed by atoms with Gasteiger partial charge in [-0.15, -0.1) is 0 Å². The lowest BCUT2D eigenvalue weighted by Gasteiger charge is -2.23. The van der Waals surface area contributed by atoms with Gasteiger partial charge >= 0.3 is 12.1 Å². The molecule has 2 aliphatic rings. The largest absolute Gasteiger partial charge is 0.490 e. The monoisotopic (exact) mass is 409 g/mol. The van der Waals surface area contributed by atoms with Crippen LogP contribution in [-0.4, -0.2) is 51.8 Å². The number of hydrogen-bond donors (Lipinski definition) is 1. The second-order valence-corrected chi connectivity index (χ2v) is 7.16. The van der Waals surface area contributed by atoms with Gasteiger partial charge in [0, 0.05) is 50.3 Å². The molecule has 4 rings (SSSR count). The fraction of sp³-hybridized carbons (Fsp3) is 0.474. The number of hydrogen-bond acceptors (Lipinski definition) is 6. The van der Waals surface area contributed by atoms with Crippen molar-refractivity contribution in [3.05, 3.63) is 41.9 Å². The Kier molecular flexibility index (Phi) is 6.19. The van der Waals surface area contributed by atoms with Crippen LogP contribution in [0.1, 0.15) is 24.0 Å². The van der Waals surface area contributed by atoms with Crippen molar-refractivity contribution < 1.29 is 23.1 Å². The zero-order valence-electron chi connectivity index (χ0n) is 15.9. The summed E-state index contributed by atoms with van der Waals surface area (Å²) in [6.45, 7) is 5.90. The SMILES string of the molecule is Cc1cnc(N2CCN(CC3CC3)c3ncccc3C2)nc1.O=C(O)C(F)(F)F. The summed E-state index contributed by atoms with van der Waals surface area (Å²) in [5.74, 6) is 0.0576. The van der Waals surface area contributed by atoms with Gasteiger partial charge in [0.25, 0.3) is 0 Å². The van der Waals surface area contributed by atoms with E-state index in [0.29, 0.717) is 0 Å². The minimum atomic E-state index is -5.08. The topological polar surface area (TPSA) is 82.5 Å². The van der Waals surface area contributed by atoms with Crippen LogP contribution < -0.4 is 9.80 Å². The first kappa shape index (κ1) is 20.8. The fourth-order valence-electron chi connectivity index (χ4n) is 2.98. The molecule has 0 spiro atoms. The predicted octanol–water partition coefficient (Wildman–Crippen LogP) is 3.05. The molecule has 1 fully saturated rings. The van der Waals surface area contributed by atoms with Crippen molar-refractivity contribution in [2.75, 3.05) is 29.4 Å². The third-order valence-electron chi connectivity index (χ3n) is 4.64.